The van der Waals surface area contributed by atoms with E-state index in [1.54, 1.807) is 37.3 Å². The van der Waals surface area contributed by atoms with Crippen LogP contribution in [0.4, 0.5) is 11.4 Å². The summed E-state index contributed by atoms with van der Waals surface area (Å²) in [5.41, 5.74) is 3.25. The van der Waals surface area contributed by atoms with Crippen LogP contribution in [0, 0.1) is 24.0 Å². The molecule has 0 saturated heterocycles. The van der Waals surface area contributed by atoms with E-state index in [4.69, 9.17) is 4.74 Å². The summed E-state index contributed by atoms with van der Waals surface area (Å²) in [5, 5.41) is 13.8. The molecule has 3 aromatic rings. The van der Waals surface area contributed by atoms with Crippen LogP contribution in [0.5, 0.6) is 5.75 Å². The van der Waals surface area contributed by atoms with Crippen molar-refractivity contribution in [2.24, 2.45) is 0 Å². The zero-order valence-corrected chi connectivity index (χ0v) is 15.6. The first-order valence-electron chi connectivity index (χ1n) is 8.77. The number of aryl methyl sites for hydroxylation is 2. The third kappa shape index (κ3) is 4.73. The van der Waals surface area contributed by atoms with Crippen LogP contribution in [0.25, 0.3) is 0 Å². The van der Waals surface area contributed by atoms with Crippen molar-refractivity contribution >= 4 is 17.3 Å². The van der Waals surface area contributed by atoms with Gasteiger partial charge in [-0.25, -0.2) is 0 Å². The van der Waals surface area contributed by atoms with Gasteiger partial charge in [0.15, 0.2) is 0 Å². The number of carbonyl (C=O) groups is 1. The van der Waals surface area contributed by atoms with Crippen molar-refractivity contribution in [2.45, 2.75) is 20.5 Å². The predicted octanol–water partition coefficient (Wildman–Crippen LogP) is 5.04. The van der Waals surface area contributed by atoms with Crippen LogP contribution in [-0.2, 0) is 6.61 Å². The van der Waals surface area contributed by atoms with Crippen LogP contribution in [-0.4, -0.2) is 10.8 Å². The molecule has 6 nitrogen and oxygen atoms in total. The number of anilines is 1. The highest BCUT2D eigenvalue weighted by Crippen LogP contribution is 2.26. The number of benzene rings is 3. The highest BCUT2D eigenvalue weighted by atomic mass is 16.6. The molecule has 1 amide bonds. The van der Waals surface area contributed by atoms with E-state index in [-0.39, 0.29) is 11.4 Å². The van der Waals surface area contributed by atoms with Gasteiger partial charge in [-0.05, 0) is 60.9 Å². The van der Waals surface area contributed by atoms with Crippen molar-refractivity contribution in [3.63, 3.8) is 0 Å². The summed E-state index contributed by atoms with van der Waals surface area (Å²) in [6.45, 7) is 4.14. The number of carbonyl (C=O) groups excluding carboxylic acids is 1. The normalized spacial score (nSPS) is 10.4. The molecule has 0 unspecified atom stereocenters. The Morgan fingerprint density at radius 3 is 2.39 bits per heavy atom. The average molecular weight is 376 g/mol. The monoisotopic (exact) mass is 376 g/mol. The fourth-order valence-electron chi connectivity index (χ4n) is 2.72. The van der Waals surface area contributed by atoms with Crippen molar-refractivity contribution < 1.29 is 14.5 Å². The summed E-state index contributed by atoms with van der Waals surface area (Å²) in [4.78, 5) is 23.1. The molecule has 0 aliphatic rings. The minimum absolute atomic E-state index is 0.128. The van der Waals surface area contributed by atoms with E-state index in [2.05, 4.69) is 5.32 Å². The van der Waals surface area contributed by atoms with E-state index in [0.29, 0.717) is 12.2 Å². The Bertz CT molecular complexity index is 1010. The molecule has 0 bridgehead atoms. The molecule has 0 heterocycles. The number of nitrogens with zero attached hydrogens (tertiary/aromatic N) is 1. The SMILES string of the molecule is Cc1cccc(OCc2ccc(C(=O)Nc3ccc(C)cc3[N+](=O)[O-])cc2)c1. The van der Waals surface area contributed by atoms with Crippen LogP contribution < -0.4 is 10.1 Å². The second kappa shape index (κ2) is 8.35. The summed E-state index contributed by atoms with van der Waals surface area (Å²) in [7, 11) is 0. The van der Waals surface area contributed by atoms with Crippen molar-refractivity contribution in [3.8, 4) is 5.75 Å². The highest BCUT2D eigenvalue weighted by Gasteiger charge is 2.16. The van der Waals surface area contributed by atoms with Gasteiger partial charge in [-0.15, -0.1) is 0 Å². The number of nitro groups is 1. The minimum Gasteiger partial charge on any atom is -0.489 e. The molecule has 0 aliphatic heterocycles. The summed E-state index contributed by atoms with van der Waals surface area (Å²) in [6, 6.07) is 19.4. The lowest BCUT2D eigenvalue weighted by Gasteiger charge is -2.09. The third-order valence-electron chi connectivity index (χ3n) is 4.21. The second-order valence-electron chi connectivity index (χ2n) is 6.53. The molecule has 0 atom stereocenters. The lowest BCUT2D eigenvalue weighted by molar-refractivity contribution is -0.384. The Labute approximate surface area is 162 Å². The van der Waals surface area contributed by atoms with E-state index in [1.807, 2.05) is 31.2 Å². The summed E-state index contributed by atoms with van der Waals surface area (Å²) < 4.78 is 5.75. The van der Waals surface area contributed by atoms with Gasteiger partial charge in [-0.2, -0.15) is 0 Å². The third-order valence-corrected chi connectivity index (χ3v) is 4.21. The maximum absolute atomic E-state index is 12.4. The molecule has 0 aliphatic carbocycles. The summed E-state index contributed by atoms with van der Waals surface area (Å²) in [5.74, 6) is 0.381. The van der Waals surface area contributed by atoms with Gasteiger partial charge in [0.25, 0.3) is 11.6 Å². The molecule has 0 spiro atoms. The molecule has 1 N–H and O–H groups in total. The van der Waals surface area contributed by atoms with E-state index in [1.165, 1.54) is 12.1 Å². The standard InChI is InChI=1S/C22H20N2O4/c1-15-4-3-5-19(12-15)28-14-17-7-9-18(10-8-17)22(25)23-20-11-6-16(2)13-21(20)24(26)27/h3-13H,14H2,1-2H3,(H,23,25). The summed E-state index contributed by atoms with van der Waals surface area (Å²) >= 11 is 0. The first-order valence-corrected chi connectivity index (χ1v) is 8.77. The van der Waals surface area contributed by atoms with Crippen LogP contribution in [0.15, 0.2) is 66.7 Å². The lowest BCUT2D eigenvalue weighted by atomic mass is 10.1. The van der Waals surface area contributed by atoms with Crippen molar-refractivity contribution in [3.05, 3.63) is 99.1 Å². The molecular weight excluding hydrogens is 356 g/mol. The number of ether oxygens (including phenoxy) is 1. The first-order chi connectivity index (χ1) is 13.4. The Hall–Kier alpha value is -3.67. The maximum atomic E-state index is 12.4. The Morgan fingerprint density at radius 1 is 1.00 bits per heavy atom. The minimum atomic E-state index is -0.506. The zero-order valence-electron chi connectivity index (χ0n) is 15.6. The number of nitrogens with one attached hydrogen (secondary N) is 1. The molecule has 6 heteroatoms. The number of nitro benzene ring substituents is 1. The molecule has 0 aromatic heterocycles. The molecule has 3 aromatic carbocycles. The topological polar surface area (TPSA) is 81.5 Å². The van der Waals surface area contributed by atoms with Crippen LogP contribution >= 0.6 is 0 Å². The van der Waals surface area contributed by atoms with E-state index in [9.17, 15) is 14.9 Å². The summed E-state index contributed by atoms with van der Waals surface area (Å²) in [6.07, 6.45) is 0. The van der Waals surface area contributed by atoms with E-state index < -0.39 is 10.8 Å². The van der Waals surface area contributed by atoms with Crippen molar-refractivity contribution in [1.29, 1.82) is 0 Å². The Kier molecular flexibility index (Phi) is 5.69. The second-order valence-corrected chi connectivity index (χ2v) is 6.53. The molecule has 0 saturated carbocycles. The molecule has 0 fully saturated rings. The maximum Gasteiger partial charge on any atom is 0.293 e. The van der Waals surface area contributed by atoms with Crippen molar-refractivity contribution in [2.75, 3.05) is 5.32 Å². The number of hydrogen-bond acceptors (Lipinski definition) is 4. The fourth-order valence-corrected chi connectivity index (χ4v) is 2.72. The Morgan fingerprint density at radius 2 is 1.71 bits per heavy atom. The van der Waals surface area contributed by atoms with Crippen LogP contribution in [0.3, 0.4) is 0 Å². The highest BCUT2D eigenvalue weighted by molar-refractivity contribution is 6.05. The van der Waals surface area contributed by atoms with Gasteiger partial charge in [0.1, 0.15) is 18.0 Å². The Balaban J connectivity index is 1.66. The molecule has 0 radical (unpaired) electrons. The van der Waals surface area contributed by atoms with Gasteiger partial charge in [0.05, 0.1) is 4.92 Å². The first kappa shape index (κ1) is 19.1. The van der Waals surface area contributed by atoms with Crippen LogP contribution in [0.2, 0.25) is 0 Å². The van der Waals surface area contributed by atoms with Crippen LogP contribution in [0.1, 0.15) is 27.0 Å². The van der Waals surface area contributed by atoms with Crippen molar-refractivity contribution in [1.82, 2.24) is 0 Å². The van der Waals surface area contributed by atoms with Gasteiger partial charge in [0.2, 0.25) is 0 Å². The molecule has 28 heavy (non-hydrogen) atoms. The molecular formula is C22H20N2O4. The smallest absolute Gasteiger partial charge is 0.293 e. The predicted molar refractivity (Wildman–Crippen MR) is 108 cm³/mol. The van der Waals surface area contributed by atoms with Gasteiger partial charge >= 0.3 is 0 Å². The number of rotatable bonds is 6. The van der Waals surface area contributed by atoms with Gasteiger partial charge in [-0.3, -0.25) is 14.9 Å². The number of amides is 1. The van der Waals surface area contributed by atoms with Gasteiger partial charge in [0, 0.05) is 11.6 Å². The quantitative estimate of drug-likeness (QED) is 0.482. The zero-order chi connectivity index (χ0) is 20.1. The fraction of sp³-hybridized carbons (Fsp3) is 0.136. The van der Waals surface area contributed by atoms with Gasteiger partial charge < -0.3 is 10.1 Å². The van der Waals surface area contributed by atoms with E-state index in [0.717, 1.165) is 22.4 Å². The average Bonchev–Trinajstić information content (AvgIpc) is 2.68. The van der Waals surface area contributed by atoms with E-state index >= 15 is 0 Å². The molecule has 142 valence electrons. The lowest BCUT2D eigenvalue weighted by Crippen LogP contribution is -2.13. The molecule has 3 rings (SSSR count). The largest absolute Gasteiger partial charge is 0.489 e. The number of hydrogen-bond donors (Lipinski definition) is 1. The van der Waals surface area contributed by atoms with Gasteiger partial charge in [-0.1, -0.05) is 30.3 Å².